The molecular weight excluding hydrogens is 492 g/mol. The van der Waals surface area contributed by atoms with Crippen molar-refractivity contribution in [3.8, 4) is 11.5 Å². The number of rotatable bonds is 8. The van der Waals surface area contributed by atoms with Crippen molar-refractivity contribution in [2.24, 2.45) is 5.10 Å². The van der Waals surface area contributed by atoms with Crippen LogP contribution in [0.5, 0.6) is 11.5 Å². The fraction of sp³-hybridized carbons (Fsp3) is 0.316. The van der Waals surface area contributed by atoms with Crippen molar-refractivity contribution in [1.29, 1.82) is 0 Å². The highest BCUT2D eigenvalue weighted by atomic mass is 127. The van der Waals surface area contributed by atoms with Gasteiger partial charge in [0.15, 0.2) is 23.1 Å². The Kier molecular flexibility index (Phi) is 7.58. The van der Waals surface area contributed by atoms with E-state index in [2.05, 4.69) is 49.7 Å². The number of hydrogen-bond donors (Lipinski definition) is 1. The van der Waals surface area contributed by atoms with Crippen molar-refractivity contribution >= 4 is 40.6 Å². The zero-order chi connectivity index (χ0) is 20.6. The van der Waals surface area contributed by atoms with Gasteiger partial charge < -0.3 is 19.1 Å². The lowest BCUT2D eigenvalue weighted by atomic mass is 10.2. The minimum Gasteiger partial charge on any atom is -0.493 e. The van der Waals surface area contributed by atoms with Gasteiger partial charge in [-0.1, -0.05) is 12.7 Å². The molecule has 10 heteroatoms. The molecule has 8 nitrogen and oxygen atoms in total. The van der Waals surface area contributed by atoms with Gasteiger partial charge in [-0.2, -0.15) is 10.1 Å². The van der Waals surface area contributed by atoms with Crippen LogP contribution < -0.4 is 19.8 Å². The zero-order valence-corrected chi connectivity index (χ0v) is 18.1. The Morgan fingerprint density at radius 1 is 1.41 bits per heavy atom. The second kappa shape index (κ2) is 10.3. The van der Waals surface area contributed by atoms with Gasteiger partial charge in [0.25, 0.3) is 0 Å². The summed E-state index contributed by atoms with van der Waals surface area (Å²) in [5.74, 6) is 1.21. The van der Waals surface area contributed by atoms with Gasteiger partial charge in [-0.15, -0.1) is 0 Å². The van der Waals surface area contributed by atoms with Crippen LogP contribution in [0.2, 0.25) is 0 Å². The van der Waals surface area contributed by atoms with Crippen molar-refractivity contribution in [3.63, 3.8) is 0 Å². The average molecular weight is 513 g/mol. The maximum absolute atomic E-state index is 14.1. The molecule has 1 aliphatic heterocycles. The molecule has 0 atom stereocenters. The molecule has 0 amide bonds. The number of ether oxygens (including phenoxy) is 3. The van der Waals surface area contributed by atoms with E-state index in [0.717, 1.165) is 15.3 Å². The van der Waals surface area contributed by atoms with E-state index in [1.165, 1.54) is 0 Å². The Balaban J connectivity index is 1.72. The van der Waals surface area contributed by atoms with Gasteiger partial charge in [0.1, 0.15) is 6.61 Å². The molecule has 1 aromatic carbocycles. The molecule has 1 aliphatic rings. The zero-order valence-electron chi connectivity index (χ0n) is 15.9. The molecule has 1 aromatic heterocycles. The highest BCUT2D eigenvalue weighted by Gasteiger charge is 2.17. The first-order chi connectivity index (χ1) is 14.1. The molecule has 0 bridgehead atoms. The standard InChI is InChI=1S/C19H21FIN5O3/c1-3-6-29-17-15(21)9-13(10-16(17)27-2)11-23-25-19-22-12-14(20)18(24-19)26-4-7-28-8-5-26/h3,9-12H,1,4-8H2,2H3,(H,22,24,25). The van der Waals surface area contributed by atoms with Crippen LogP contribution in [-0.4, -0.2) is 56.2 Å². The Morgan fingerprint density at radius 3 is 2.93 bits per heavy atom. The first-order valence-corrected chi connectivity index (χ1v) is 9.95. The minimum atomic E-state index is -0.476. The van der Waals surface area contributed by atoms with Crippen molar-refractivity contribution in [2.45, 2.75) is 0 Å². The fourth-order valence-electron chi connectivity index (χ4n) is 2.67. The highest BCUT2D eigenvalue weighted by Crippen LogP contribution is 2.33. The van der Waals surface area contributed by atoms with Crippen molar-refractivity contribution in [3.05, 3.63) is 45.9 Å². The number of methoxy groups -OCH3 is 1. The lowest BCUT2D eigenvalue weighted by Crippen LogP contribution is -2.37. The summed E-state index contributed by atoms with van der Waals surface area (Å²) < 4.78 is 31.3. The summed E-state index contributed by atoms with van der Waals surface area (Å²) in [6.45, 7) is 6.27. The predicted octanol–water partition coefficient (Wildman–Crippen LogP) is 3.08. The number of nitrogens with one attached hydrogen (secondary N) is 1. The van der Waals surface area contributed by atoms with Crippen molar-refractivity contribution in [1.82, 2.24) is 9.97 Å². The average Bonchev–Trinajstić information content (AvgIpc) is 2.74. The quantitative estimate of drug-likeness (QED) is 0.252. The topological polar surface area (TPSA) is 81.1 Å². The smallest absolute Gasteiger partial charge is 0.245 e. The second-order valence-corrected chi connectivity index (χ2v) is 7.13. The van der Waals surface area contributed by atoms with E-state index in [-0.39, 0.29) is 11.8 Å². The third-order valence-electron chi connectivity index (χ3n) is 4.01. The fourth-order valence-corrected chi connectivity index (χ4v) is 3.45. The minimum absolute atomic E-state index is 0.205. The Hall–Kier alpha value is -2.47. The summed E-state index contributed by atoms with van der Waals surface area (Å²) in [6, 6.07) is 3.70. The molecule has 0 saturated carbocycles. The molecule has 0 aliphatic carbocycles. The number of benzene rings is 1. The third kappa shape index (κ3) is 5.54. The SMILES string of the molecule is C=CCOc1c(I)cc(C=NNc2ncc(F)c(N3CCOCC3)n2)cc1OC. The molecular formula is C19H21FIN5O3. The Bertz CT molecular complexity index is 890. The van der Waals surface area contributed by atoms with Crippen LogP contribution >= 0.6 is 22.6 Å². The van der Waals surface area contributed by atoms with E-state index in [4.69, 9.17) is 14.2 Å². The van der Waals surface area contributed by atoms with Crippen LogP contribution in [0.3, 0.4) is 0 Å². The molecule has 2 heterocycles. The molecule has 0 unspecified atom stereocenters. The van der Waals surface area contributed by atoms with Crippen LogP contribution in [0.4, 0.5) is 16.2 Å². The van der Waals surface area contributed by atoms with Gasteiger partial charge in [-0.05, 0) is 40.3 Å². The van der Waals surface area contributed by atoms with E-state index in [1.807, 2.05) is 11.0 Å². The molecule has 29 heavy (non-hydrogen) atoms. The second-order valence-electron chi connectivity index (χ2n) is 5.97. The number of hydrogen-bond acceptors (Lipinski definition) is 8. The monoisotopic (exact) mass is 513 g/mol. The number of morpholine rings is 1. The number of halogens is 2. The van der Waals surface area contributed by atoms with E-state index < -0.39 is 5.82 Å². The highest BCUT2D eigenvalue weighted by molar-refractivity contribution is 14.1. The van der Waals surface area contributed by atoms with Gasteiger partial charge in [0.2, 0.25) is 5.95 Å². The van der Waals surface area contributed by atoms with Gasteiger partial charge >= 0.3 is 0 Å². The largest absolute Gasteiger partial charge is 0.493 e. The summed E-state index contributed by atoms with van der Waals surface area (Å²) in [5.41, 5.74) is 3.53. The van der Waals surface area contributed by atoms with E-state index >= 15 is 0 Å². The number of nitrogens with zero attached hydrogens (tertiary/aromatic N) is 4. The van der Waals surface area contributed by atoms with E-state index in [1.54, 1.807) is 25.5 Å². The summed E-state index contributed by atoms with van der Waals surface area (Å²) in [4.78, 5) is 9.99. The van der Waals surface area contributed by atoms with Crippen LogP contribution in [0.1, 0.15) is 5.56 Å². The molecule has 1 N–H and O–H groups in total. The first kappa shape index (κ1) is 21.2. The molecule has 3 rings (SSSR count). The molecule has 1 saturated heterocycles. The first-order valence-electron chi connectivity index (χ1n) is 8.88. The van der Waals surface area contributed by atoms with Gasteiger partial charge in [0.05, 0.1) is 36.3 Å². The van der Waals surface area contributed by atoms with Gasteiger partial charge in [0, 0.05) is 13.1 Å². The van der Waals surface area contributed by atoms with Crippen LogP contribution in [0.15, 0.2) is 36.1 Å². The Morgan fingerprint density at radius 2 is 2.21 bits per heavy atom. The lowest BCUT2D eigenvalue weighted by Gasteiger charge is -2.27. The maximum atomic E-state index is 14.1. The third-order valence-corrected chi connectivity index (χ3v) is 4.81. The number of anilines is 2. The van der Waals surface area contributed by atoms with Crippen LogP contribution in [-0.2, 0) is 4.74 Å². The maximum Gasteiger partial charge on any atom is 0.245 e. The van der Waals surface area contributed by atoms with Gasteiger partial charge in [-0.3, -0.25) is 0 Å². The Labute approximate surface area is 181 Å². The normalized spacial score (nSPS) is 14.1. The van der Waals surface area contributed by atoms with E-state index in [9.17, 15) is 4.39 Å². The number of aromatic nitrogens is 2. The van der Waals surface area contributed by atoms with Crippen molar-refractivity contribution in [2.75, 3.05) is 50.3 Å². The van der Waals surface area contributed by atoms with Crippen molar-refractivity contribution < 1.29 is 18.6 Å². The summed E-state index contributed by atoms with van der Waals surface area (Å²) in [5, 5.41) is 4.15. The molecule has 1 fully saturated rings. The summed E-state index contributed by atoms with van der Waals surface area (Å²) >= 11 is 2.17. The molecule has 154 valence electrons. The lowest BCUT2D eigenvalue weighted by molar-refractivity contribution is 0.122. The molecule has 2 aromatic rings. The number of hydrazone groups is 1. The van der Waals surface area contributed by atoms with Crippen LogP contribution in [0, 0.1) is 9.39 Å². The van der Waals surface area contributed by atoms with Gasteiger partial charge in [-0.25, -0.2) is 14.8 Å². The molecule has 0 radical (unpaired) electrons. The molecule has 0 spiro atoms. The predicted molar refractivity (Wildman–Crippen MR) is 118 cm³/mol. The van der Waals surface area contributed by atoms with Crippen LogP contribution in [0.25, 0.3) is 0 Å². The summed E-state index contributed by atoms with van der Waals surface area (Å²) in [7, 11) is 1.57. The van der Waals surface area contributed by atoms with E-state index in [0.29, 0.717) is 44.4 Å². The summed E-state index contributed by atoms with van der Waals surface area (Å²) in [6.07, 6.45) is 4.40.